The van der Waals surface area contributed by atoms with Crippen LogP contribution in [0.5, 0.6) is 0 Å². The Balaban J connectivity index is 1.97. The van der Waals surface area contributed by atoms with Gasteiger partial charge in [0.05, 0.1) is 0 Å². The molecule has 1 atom stereocenters. The molecule has 1 saturated heterocycles. The van der Waals surface area contributed by atoms with Crippen molar-refractivity contribution in [2.45, 2.75) is 33.6 Å². The molecule has 0 aliphatic carbocycles. The number of nitrogens with zero attached hydrogens (tertiary/aromatic N) is 1. The Morgan fingerprint density at radius 3 is 2.46 bits per heavy atom. The first kappa shape index (κ1) is 11.0. The van der Waals surface area contributed by atoms with Gasteiger partial charge in [0.2, 0.25) is 0 Å². The van der Waals surface area contributed by atoms with Crippen LogP contribution in [0.4, 0.5) is 0 Å². The molecular weight excluding hydrogens is 162 g/mol. The Hall–Kier alpha value is -0.0800. The van der Waals surface area contributed by atoms with Gasteiger partial charge in [-0.1, -0.05) is 20.8 Å². The van der Waals surface area contributed by atoms with E-state index in [2.05, 4.69) is 25.7 Å². The summed E-state index contributed by atoms with van der Waals surface area (Å²) >= 11 is 0. The minimum absolute atomic E-state index is 0.339. The molecule has 78 valence electrons. The summed E-state index contributed by atoms with van der Waals surface area (Å²) in [5.41, 5.74) is 0.558. The first-order chi connectivity index (χ1) is 6.03. The third-order valence-electron chi connectivity index (χ3n) is 2.79. The third kappa shape index (κ3) is 3.65. The molecule has 0 bridgehead atoms. The van der Waals surface area contributed by atoms with Crippen molar-refractivity contribution in [2.24, 2.45) is 11.3 Å². The van der Waals surface area contributed by atoms with E-state index in [4.69, 9.17) is 5.11 Å². The molecule has 0 amide bonds. The molecule has 0 aromatic carbocycles. The minimum Gasteiger partial charge on any atom is -0.396 e. The second kappa shape index (κ2) is 4.43. The van der Waals surface area contributed by atoms with Crippen LogP contribution < -0.4 is 0 Å². The Bertz CT molecular complexity index is 148. The van der Waals surface area contributed by atoms with Crippen molar-refractivity contribution in [1.29, 1.82) is 0 Å². The maximum Gasteiger partial charge on any atom is 0.0456 e. The molecule has 2 heteroatoms. The maximum atomic E-state index is 8.84. The van der Waals surface area contributed by atoms with Crippen molar-refractivity contribution in [1.82, 2.24) is 4.90 Å². The fourth-order valence-electron chi connectivity index (χ4n) is 2.08. The predicted molar refractivity (Wildman–Crippen MR) is 55.7 cm³/mol. The first-order valence-corrected chi connectivity index (χ1v) is 5.37. The van der Waals surface area contributed by atoms with Crippen molar-refractivity contribution >= 4 is 0 Å². The zero-order valence-corrected chi connectivity index (χ0v) is 9.21. The van der Waals surface area contributed by atoms with E-state index in [9.17, 15) is 0 Å². The van der Waals surface area contributed by atoms with E-state index in [1.165, 1.54) is 26.1 Å². The lowest BCUT2D eigenvalue weighted by atomic mass is 9.84. The van der Waals surface area contributed by atoms with E-state index in [1.54, 1.807) is 0 Å². The SMILES string of the molecule is CC(CO)CCCN1CC(C)(C)C1. The summed E-state index contributed by atoms with van der Waals surface area (Å²) < 4.78 is 0. The van der Waals surface area contributed by atoms with E-state index in [0.29, 0.717) is 17.9 Å². The summed E-state index contributed by atoms with van der Waals surface area (Å²) in [5, 5.41) is 8.84. The largest absolute Gasteiger partial charge is 0.396 e. The van der Waals surface area contributed by atoms with Crippen molar-refractivity contribution in [2.75, 3.05) is 26.2 Å². The number of hydrogen-bond acceptors (Lipinski definition) is 2. The highest BCUT2D eigenvalue weighted by Crippen LogP contribution is 2.28. The molecule has 1 aliphatic heterocycles. The molecular formula is C11H23NO. The van der Waals surface area contributed by atoms with Crippen LogP contribution in [0.25, 0.3) is 0 Å². The van der Waals surface area contributed by atoms with E-state index < -0.39 is 0 Å². The molecule has 0 aromatic heterocycles. The first-order valence-electron chi connectivity index (χ1n) is 5.37. The second-order valence-electron chi connectivity index (χ2n) is 5.30. The fourth-order valence-corrected chi connectivity index (χ4v) is 2.08. The van der Waals surface area contributed by atoms with E-state index >= 15 is 0 Å². The highest BCUT2D eigenvalue weighted by molar-refractivity contribution is 4.87. The van der Waals surface area contributed by atoms with Gasteiger partial charge in [0, 0.05) is 19.7 Å². The molecule has 1 fully saturated rings. The molecule has 1 heterocycles. The topological polar surface area (TPSA) is 23.5 Å². The van der Waals surface area contributed by atoms with Gasteiger partial charge in [-0.15, -0.1) is 0 Å². The number of likely N-dealkylation sites (tertiary alicyclic amines) is 1. The minimum atomic E-state index is 0.339. The van der Waals surface area contributed by atoms with Crippen molar-refractivity contribution < 1.29 is 5.11 Å². The number of aliphatic hydroxyl groups is 1. The molecule has 0 spiro atoms. The second-order valence-corrected chi connectivity index (χ2v) is 5.30. The molecule has 1 unspecified atom stereocenters. The maximum absolute atomic E-state index is 8.84. The summed E-state index contributed by atoms with van der Waals surface area (Å²) in [5.74, 6) is 0.481. The molecule has 1 aliphatic rings. The van der Waals surface area contributed by atoms with Crippen LogP contribution in [0.3, 0.4) is 0 Å². The molecule has 0 aromatic rings. The summed E-state index contributed by atoms with van der Waals surface area (Å²) in [4.78, 5) is 2.50. The zero-order valence-electron chi connectivity index (χ0n) is 9.21. The van der Waals surface area contributed by atoms with Gasteiger partial charge in [0.15, 0.2) is 0 Å². The lowest BCUT2D eigenvalue weighted by Crippen LogP contribution is -2.52. The average Bonchev–Trinajstić information content (AvgIpc) is 2.00. The van der Waals surface area contributed by atoms with Gasteiger partial charge in [-0.25, -0.2) is 0 Å². The van der Waals surface area contributed by atoms with Gasteiger partial charge in [-0.3, -0.25) is 0 Å². The Morgan fingerprint density at radius 2 is 2.00 bits per heavy atom. The average molecular weight is 185 g/mol. The zero-order chi connectivity index (χ0) is 9.90. The van der Waals surface area contributed by atoms with E-state index in [-0.39, 0.29) is 0 Å². The number of hydrogen-bond donors (Lipinski definition) is 1. The third-order valence-corrected chi connectivity index (χ3v) is 2.79. The molecule has 2 nitrogen and oxygen atoms in total. The summed E-state index contributed by atoms with van der Waals surface area (Å²) in [6.07, 6.45) is 2.39. The lowest BCUT2D eigenvalue weighted by Gasteiger charge is -2.46. The standard InChI is InChI=1S/C11H23NO/c1-10(7-13)5-4-6-12-8-11(2,3)9-12/h10,13H,4-9H2,1-3H3. The van der Waals surface area contributed by atoms with Crippen LogP contribution in [0.1, 0.15) is 33.6 Å². The summed E-state index contributed by atoms with van der Waals surface area (Å²) in [7, 11) is 0. The normalized spacial score (nSPS) is 24.0. The van der Waals surface area contributed by atoms with Gasteiger partial charge in [0.1, 0.15) is 0 Å². The number of rotatable bonds is 5. The molecule has 13 heavy (non-hydrogen) atoms. The molecule has 0 radical (unpaired) electrons. The lowest BCUT2D eigenvalue weighted by molar-refractivity contribution is 0.0287. The van der Waals surface area contributed by atoms with E-state index in [1.807, 2.05) is 0 Å². The van der Waals surface area contributed by atoms with Crippen LogP contribution in [-0.2, 0) is 0 Å². The van der Waals surface area contributed by atoms with Crippen LogP contribution in [0.15, 0.2) is 0 Å². The van der Waals surface area contributed by atoms with Crippen LogP contribution in [0.2, 0.25) is 0 Å². The van der Waals surface area contributed by atoms with Crippen molar-refractivity contribution in [3.8, 4) is 0 Å². The molecule has 1 N–H and O–H groups in total. The highest BCUT2D eigenvalue weighted by Gasteiger charge is 2.33. The summed E-state index contributed by atoms with van der Waals surface area (Å²) in [6, 6.07) is 0. The monoisotopic (exact) mass is 185 g/mol. The highest BCUT2D eigenvalue weighted by atomic mass is 16.3. The van der Waals surface area contributed by atoms with Crippen molar-refractivity contribution in [3.63, 3.8) is 0 Å². The van der Waals surface area contributed by atoms with Gasteiger partial charge in [-0.2, -0.15) is 0 Å². The Kier molecular flexibility index (Phi) is 3.74. The smallest absolute Gasteiger partial charge is 0.0456 e. The quantitative estimate of drug-likeness (QED) is 0.705. The fraction of sp³-hybridized carbons (Fsp3) is 1.00. The van der Waals surface area contributed by atoms with E-state index in [0.717, 1.165) is 6.42 Å². The molecule has 0 saturated carbocycles. The van der Waals surface area contributed by atoms with Gasteiger partial charge in [0.25, 0.3) is 0 Å². The van der Waals surface area contributed by atoms with Gasteiger partial charge >= 0.3 is 0 Å². The van der Waals surface area contributed by atoms with Crippen LogP contribution >= 0.6 is 0 Å². The predicted octanol–water partition coefficient (Wildman–Crippen LogP) is 1.74. The summed E-state index contributed by atoms with van der Waals surface area (Å²) in [6.45, 7) is 10.8. The van der Waals surface area contributed by atoms with Gasteiger partial charge < -0.3 is 10.0 Å². The number of aliphatic hydroxyl groups excluding tert-OH is 1. The molecule has 1 rings (SSSR count). The van der Waals surface area contributed by atoms with Gasteiger partial charge in [-0.05, 0) is 30.7 Å². The Labute approximate surface area is 81.9 Å². The van der Waals surface area contributed by atoms with Crippen molar-refractivity contribution in [3.05, 3.63) is 0 Å². The Morgan fingerprint density at radius 1 is 1.38 bits per heavy atom. The van der Waals surface area contributed by atoms with Crippen LogP contribution in [-0.4, -0.2) is 36.2 Å². The van der Waals surface area contributed by atoms with Crippen LogP contribution in [0, 0.1) is 11.3 Å².